The number of ketones is 1. The summed E-state index contributed by atoms with van der Waals surface area (Å²) in [4.78, 5) is 11.5. The third kappa shape index (κ3) is 2.60. The first kappa shape index (κ1) is 14.0. The lowest BCUT2D eigenvalue weighted by molar-refractivity contribution is -0.123. The molecule has 20 heavy (non-hydrogen) atoms. The SMILES string of the molecule is O=C1CCC2CC(c3cc(F)c(Cl)c(F)c3)CCC2C1. The van der Waals surface area contributed by atoms with E-state index in [1.54, 1.807) is 0 Å². The second kappa shape index (κ2) is 5.44. The molecule has 0 spiro atoms. The van der Waals surface area contributed by atoms with Gasteiger partial charge in [0.05, 0.1) is 0 Å². The molecule has 2 aliphatic carbocycles. The van der Waals surface area contributed by atoms with Gasteiger partial charge < -0.3 is 0 Å². The molecule has 2 aliphatic rings. The van der Waals surface area contributed by atoms with E-state index < -0.39 is 16.7 Å². The van der Waals surface area contributed by atoms with Crippen molar-refractivity contribution >= 4 is 17.4 Å². The lowest BCUT2D eigenvalue weighted by Gasteiger charge is -2.39. The average Bonchev–Trinajstić information content (AvgIpc) is 2.43. The van der Waals surface area contributed by atoms with Crippen LogP contribution >= 0.6 is 11.6 Å². The smallest absolute Gasteiger partial charge is 0.145 e. The quantitative estimate of drug-likeness (QED) is 0.676. The first-order valence-electron chi connectivity index (χ1n) is 7.20. The molecule has 2 fully saturated rings. The topological polar surface area (TPSA) is 17.1 Å². The van der Waals surface area contributed by atoms with Gasteiger partial charge in [-0.2, -0.15) is 0 Å². The van der Waals surface area contributed by atoms with Gasteiger partial charge in [-0.15, -0.1) is 0 Å². The maximum absolute atomic E-state index is 13.6. The Morgan fingerprint density at radius 1 is 1.05 bits per heavy atom. The fourth-order valence-electron chi connectivity index (χ4n) is 3.80. The summed E-state index contributed by atoms with van der Waals surface area (Å²) in [6, 6.07) is 2.73. The molecule has 1 aromatic carbocycles. The number of rotatable bonds is 1. The Kier molecular flexibility index (Phi) is 3.80. The van der Waals surface area contributed by atoms with Gasteiger partial charge in [0.1, 0.15) is 22.4 Å². The molecule has 3 atom stereocenters. The van der Waals surface area contributed by atoms with E-state index in [2.05, 4.69) is 0 Å². The van der Waals surface area contributed by atoms with E-state index in [0.717, 1.165) is 25.7 Å². The van der Waals surface area contributed by atoms with Gasteiger partial charge in [-0.1, -0.05) is 11.6 Å². The van der Waals surface area contributed by atoms with Gasteiger partial charge >= 0.3 is 0 Å². The van der Waals surface area contributed by atoms with Gasteiger partial charge in [-0.05, 0) is 61.1 Å². The van der Waals surface area contributed by atoms with Gasteiger partial charge in [-0.25, -0.2) is 8.78 Å². The van der Waals surface area contributed by atoms with Crippen LogP contribution in [0, 0.1) is 23.5 Å². The highest BCUT2D eigenvalue weighted by Gasteiger charge is 2.35. The van der Waals surface area contributed by atoms with Crippen LogP contribution in [-0.2, 0) is 4.79 Å². The summed E-state index contributed by atoms with van der Waals surface area (Å²) in [7, 11) is 0. The van der Waals surface area contributed by atoms with Crippen molar-refractivity contribution in [2.45, 2.75) is 44.4 Å². The van der Waals surface area contributed by atoms with Crippen LogP contribution in [0.3, 0.4) is 0 Å². The van der Waals surface area contributed by atoms with Gasteiger partial charge in [0.15, 0.2) is 0 Å². The molecule has 0 aliphatic heterocycles. The largest absolute Gasteiger partial charge is 0.300 e. The maximum Gasteiger partial charge on any atom is 0.145 e. The van der Waals surface area contributed by atoms with E-state index in [9.17, 15) is 13.6 Å². The van der Waals surface area contributed by atoms with Crippen LogP contribution in [-0.4, -0.2) is 5.78 Å². The molecule has 0 bridgehead atoms. The number of carbonyl (C=O) groups is 1. The van der Waals surface area contributed by atoms with Crippen molar-refractivity contribution in [2.75, 3.05) is 0 Å². The third-order valence-electron chi connectivity index (χ3n) is 4.90. The van der Waals surface area contributed by atoms with E-state index in [4.69, 9.17) is 11.6 Å². The highest BCUT2D eigenvalue weighted by Crippen LogP contribution is 2.45. The van der Waals surface area contributed by atoms with Crippen molar-refractivity contribution in [3.63, 3.8) is 0 Å². The van der Waals surface area contributed by atoms with E-state index in [0.29, 0.717) is 36.0 Å². The number of fused-ring (bicyclic) bond motifs is 1. The summed E-state index contributed by atoms with van der Waals surface area (Å²) < 4.78 is 27.1. The van der Waals surface area contributed by atoms with Crippen LogP contribution in [0.25, 0.3) is 0 Å². The summed E-state index contributed by atoms with van der Waals surface area (Å²) in [6.07, 6.45) is 5.09. The summed E-state index contributed by atoms with van der Waals surface area (Å²) in [6.45, 7) is 0. The molecular formula is C16H17ClF2O. The Morgan fingerprint density at radius 2 is 1.75 bits per heavy atom. The summed E-state index contributed by atoms with van der Waals surface area (Å²) in [5.74, 6) is 0.201. The minimum Gasteiger partial charge on any atom is -0.300 e. The molecule has 0 heterocycles. The molecule has 0 N–H and O–H groups in total. The molecule has 2 saturated carbocycles. The zero-order valence-electron chi connectivity index (χ0n) is 11.2. The van der Waals surface area contributed by atoms with Gasteiger partial charge in [0, 0.05) is 12.8 Å². The number of Topliss-reactive ketones (excluding diaryl/α,β-unsaturated/α-hetero) is 1. The zero-order valence-corrected chi connectivity index (χ0v) is 11.9. The van der Waals surface area contributed by atoms with Crippen LogP contribution in [0.2, 0.25) is 5.02 Å². The minimum atomic E-state index is -0.678. The second-order valence-corrected chi connectivity index (χ2v) is 6.49. The predicted molar refractivity (Wildman–Crippen MR) is 73.8 cm³/mol. The van der Waals surface area contributed by atoms with Crippen LogP contribution in [0.5, 0.6) is 0 Å². The maximum atomic E-state index is 13.6. The average molecular weight is 299 g/mol. The molecule has 0 saturated heterocycles. The predicted octanol–water partition coefficient (Wildman–Crippen LogP) is 4.87. The minimum absolute atomic E-state index is 0.186. The van der Waals surface area contributed by atoms with Crippen LogP contribution in [0.1, 0.15) is 50.0 Å². The third-order valence-corrected chi connectivity index (χ3v) is 5.26. The highest BCUT2D eigenvalue weighted by molar-refractivity contribution is 6.30. The first-order valence-corrected chi connectivity index (χ1v) is 7.58. The molecule has 1 aromatic rings. The number of benzene rings is 1. The van der Waals surface area contributed by atoms with E-state index in [1.807, 2.05) is 0 Å². The monoisotopic (exact) mass is 298 g/mol. The standard InChI is InChI=1S/C16H17ClF2O/c17-16-14(18)7-12(8-15(16)19)10-1-2-11-6-13(20)4-3-9(11)5-10/h7-11H,1-6H2. The van der Waals surface area contributed by atoms with E-state index >= 15 is 0 Å². The lowest BCUT2D eigenvalue weighted by atomic mass is 9.66. The highest BCUT2D eigenvalue weighted by atomic mass is 35.5. The van der Waals surface area contributed by atoms with Crippen LogP contribution in [0.4, 0.5) is 8.78 Å². The summed E-state index contributed by atoms with van der Waals surface area (Å²) >= 11 is 5.53. The summed E-state index contributed by atoms with van der Waals surface area (Å²) in [5, 5.41) is -0.425. The first-order chi connectivity index (χ1) is 9.54. The Labute approximate surface area is 122 Å². The Morgan fingerprint density at radius 3 is 2.45 bits per heavy atom. The lowest BCUT2D eigenvalue weighted by Crippen LogP contribution is -2.30. The van der Waals surface area contributed by atoms with E-state index in [-0.39, 0.29) is 5.92 Å². The summed E-state index contributed by atoms with van der Waals surface area (Å²) in [5.41, 5.74) is 0.708. The van der Waals surface area contributed by atoms with Gasteiger partial charge in [-0.3, -0.25) is 4.79 Å². The number of hydrogen-bond donors (Lipinski definition) is 0. The van der Waals surface area contributed by atoms with Crippen molar-refractivity contribution in [1.82, 2.24) is 0 Å². The molecular weight excluding hydrogens is 282 g/mol. The van der Waals surface area contributed by atoms with Crippen molar-refractivity contribution in [1.29, 1.82) is 0 Å². The Hall–Kier alpha value is -0.960. The van der Waals surface area contributed by atoms with Crippen molar-refractivity contribution < 1.29 is 13.6 Å². The van der Waals surface area contributed by atoms with Gasteiger partial charge in [0.25, 0.3) is 0 Å². The Bertz CT molecular complexity index is 520. The normalized spacial score (nSPS) is 30.1. The fourth-order valence-corrected chi connectivity index (χ4v) is 3.91. The van der Waals surface area contributed by atoms with Crippen molar-refractivity contribution in [3.05, 3.63) is 34.4 Å². The molecule has 0 aromatic heterocycles. The molecule has 0 radical (unpaired) electrons. The van der Waals surface area contributed by atoms with Gasteiger partial charge in [0.2, 0.25) is 0 Å². The number of hydrogen-bond acceptors (Lipinski definition) is 1. The Balaban J connectivity index is 1.78. The zero-order chi connectivity index (χ0) is 14.3. The molecule has 0 amide bonds. The molecule has 3 rings (SSSR count). The number of halogens is 3. The van der Waals surface area contributed by atoms with Crippen LogP contribution in [0.15, 0.2) is 12.1 Å². The van der Waals surface area contributed by atoms with E-state index in [1.165, 1.54) is 12.1 Å². The number of carbonyl (C=O) groups excluding carboxylic acids is 1. The van der Waals surface area contributed by atoms with Crippen molar-refractivity contribution in [3.8, 4) is 0 Å². The fraction of sp³-hybridized carbons (Fsp3) is 0.562. The molecule has 4 heteroatoms. The molecule has 3 unspecified atom stereocenters. The van der Waals surface area contributed by atoms with Crippen LogP contribution < -0.4 is 0 Å². The molecule has 108 valence electrons. The molecule has 1 nitrogen and oxygen atoms in total. The van der Waals surface area contributed by atoms with Crippen molar-refractivity contribution in [2.24, 2.45) is 11.8 Å². The second-order valence-electron chi connectivity index (χ2n) is 6.11.